The van der Waals surface area contributed by atoms with E-state index < -0.39 is 26.6 Å². The van der Waals surface area contributed by atoms with Crippen LogP contribution in [-0.4, -0.2) is 45.8 Å². The van der Waals surface area contributed by atoms with E-state index >= 15 is 0 Å². The van der Waals surface area contributed by atoms with Crippen LogP contribution in [0.5, 0.6) is 0 Å². The van der Waals surface area contributed by atoms with Gasteiger partial charge in [0.1, 0.15) is 16.5 Å². The van der Waals surface area contributed by atoms with E-state index in [1.165, 1.54) is 24.3 Å². The number of rotatable bonds is 9. The summed E-state index contributed by atoms with van der Waals surface area (Å²) in [5.74, 6) is -1.41. The maximum Gasteiger partial charge on any atom is 0.266 e. The van der Waals surface area contributed by atoms with Crippen LogP contribution in [0.25, 0.3) is 0 Å². The summed E-state index contributed by atoms with van der Waals surface area (Å²) in [4.78, 5) is 1.19. The minimum Gasteiger partial charge on any atom is -0.372 e. The van der Waals surface area contributed by atoms with E-state index in [4.69, 9.17) is 11.6 Å². The van der Waals surface area contributed by atoms with Gasteiger partial charge in [-0.1, -0.05) is 11.6 Å². The van der Waals surface area contributed by atoms with E-state index in [-0.39, 0.29) is 28.9 Å². The minimum absolute atomic E-state index is 0. The van der Waals surface area contributed by atoms with Gasteiger partial charge in [-0.15, -0.1) is 12.4 Å². The number of nitrogens with one attached hydrogen (secondary N) is 4. The zero-order valence-electron chi connectivity index (χ0n) is 18.0. The highest BCUT2D eigenvalue weighted by Crippen LogP contribution is 2.34. The van der Waals surface area contributed by atoms with Gasteiger partial charge in [0.25, 0.3) is 10.0 Å². The number of aryl methyl sites for hydroxylation is 1. The molecule has 3 aromatic rings. The van der Waals surface area contributed by atoms with Crippen LogP contribution in [0, 0.1) is 18.6 Å². The number of hydrogen-bond donors (Lipinski definition) is 4. The summed E-state index contributed by atoms with van der Waals surface area (Å²) in [5.41, 5.74) is 1.78. The lowest BCUT2D eigenvalue weighted by molar-refractivity contribution is 0.570. The molecule has 2 aromatic carbocycles. The molecule has 0 radical (unpaired) electrons. The molecule has 0 saturated carbocycles. The van der Waals surface area contributed by atoms with E-state index in [1.807, 2.05) is 4.90 Å². The molecule has 3 rings (SSSR count). The number of hydrogen-bond acceptors (Lipinski definition) is 6. The monoisotopic (exact) mass is 520 g/mol. The molecule has 0 spiro atoms. The Labute approximate surface area is 202 Å². The number of anilines is 4. The first kappa shape index (κ1) is 26.7. The highest BCUT2D eigenvalue weighted by molar-refractivity contribution is 7.92. The average molecular weight is 521 g/mol. The molecule has 180 valence electrons. The third kappa shape index (κ3) is 6.47. The zero-order valence-corrected chi connectivity index (χ0v) is 20.4. The molecule has 8 nitrogen and oxygen atoms in total. The minimum atomic E-state index is -4.26. The lowest BCUT2D eigenvalue weighted by atomic mass is 10.2. The molecule has 0 aliphatic heterocycles. The molecule has 13 heteroatoms. The number of aromatic amines is 1. The molecule has 0 amide bonds. The molecule has 0 aliphatic rings. The van der Waals surface area contributed by atoms with Crippen LogP contribution in [0.4, 0.5) is 31.7 Å². The zero-order chi connectivity index (χ0) is 23.5. The Hall–Kier alpha value is -2.60. The van der Waals surface area contributed by atoms with Crippen LogP contribution >= 0.6 is 24.0 Å². The number of H-pyrrole nitrogens is 1. The van der Waals surface area contributed by atoms with Crippen molar-refractivity contribution in [3.05, 3.63) is 58.7 Å². The Morgan fingerprint density at radius 3 is 2.52 bits per heavy atom. The van der Waals surface area contributed by atoms with Gasteiger partial charge in [-0.3, -0.25) is 9.82 Å². The fourth-order valence-electron chi connectivity index (χ4n) is 2.96. The molecule has 33 heavy (non-hydrogen) atoms. The second-order valence-corrected chi connectivity index (χ2v) is 9.17. The Kier molecular flexibility index (Phi) is 8.89. The summed E-state index contributed by atoms with van der Waals surface area (Å²) in [6.07, 6.45) is 0. The average Bonchev–Trinajstić information content (AvgIpc) is 3.13. The van der Waals surface area contributed by atoms with E-state index in [2.05, 4.69) is 25.6 Å². The molecule has 1 heterocycles. The number of aromatic nitrogens is 2. The summed E-state index contributed by atoms with van der Waals surface area (Å²) < 4.78 is 56.0. The molecule has 0 atom stereocenters. The first-order valence-electron chi connectivity index (χ1n) is 9.57. The lowest BCUT2D eigenvalue weighted by Gasteiger charge is -2.23. The summed E-state index contributed by atoms with van der Waals surface area (Å²) in [7, 11) is -0.671. The standard InChI is InChI=1S/C20H23ClF2N6O2S.ClH/c1-12-8-20(27-26-12)28-32(30,31)19-10-14(21)17(11-15(19)23)25-16-5-4-13(22)9-18(16)29(3)7-6-24-2;/h4-5,8-11,24-25H,6-7H2,1-3H3,(H2,26,27,28);1H. The van der Waals surface area contributed by atoms with Gasteiger partial charge in [0.05, 0.1) is 22.1 Å². The topological polar surface area (TPSA) is 102 Å². The van der Waals surface area contributed by atoms with E-state index in [0.29, 0.717) is 30.2 Å². The molecule has 0 unspecified atom stereocenters. The van der Waals surface area contributed by atoms with Crippen molar-refractivity contribution in [1.82, 2.24) is 15.5 Å². The molecular weight excluding hydrogens is 497 g/mol. The van der Waals surface area contributed by atoms with Crippen LogP contribution in [-0.2, 0) is 10.0 Å². The van der Waals surface area contributed by atoms with Gasteiger partial charge in [0.15, 0.2) is 5.82 Å². The van der Waals surface area contributed by atoms with Crippen molar-refractivity contribution in [2.75, 3.05) is 42.1 Å². The van der Waals surface area contributed by atoms with Crippen molar-refractivity contribution in [3.8, 4) is 0 Å². The van der Waals surface area contributed by atoms with Crippen LogP contribution in [0.3, 0.4) is 0 Å². The van der Waals surface area contributed by atoms with Crippen molar-refractivity contribution < 1.29 is 17.2 Å². The largest absolute Gasteiger partial charge is 0.372 e. The van der Waals surface area contributed by atoms with Gasteiger partial charge in [-0.05, 0) is 38.2 Å². The SMILES string of the molecule is CNCCN(C)c1cc(F)ccc1Nc1cc(F)c(S(=O)(=O)Nc2cc(C)[nH]n2)cc1Cl.Cl. The Bertz CT molecular complexity index is 1220. The third-order valence-corrected chi connectivity index (χ3v) is 6.28. The van der Waals surface area contributed by atoms with Crippen molar-refractivity contribution in [2.45, 2.75) is 11.8 Å². The number of benzene rings is 2. The maximum absolute atomic E-state index is 14.8. The van der Waals surface area contributed by atoms with E-state index in [1.54, 1.807) is 21.0 Å². The van der Waals surface area contributed by atoms with Gasteiger partial charge in [-0.2, -0.15) is 5.10 Å². The normalized spacial score (nSPS) is 11.1. The molecule has 0 fully saturated rings. The number of halogens is 4. The lowest BCUT2D eigenvalue weighted by Crippen LogP contribution is -2.27. The predicted molar refractivity (Wildman–Crippen MR) is 130 cm³/mol. The first-order valence-corrected chi connectivity index (χ1v) is 11.4. The van der Waals surface area contributed by atoms with Gasteiger partial charge in [-0.25, -0.2) is 17.2 Å². The van der Waals surface area contributed by atoms with Crippen molar-refractivity contribution in [1.29, 1.82) is 0 Å². The van der Waals surface area contributed by atoms with Crippen LogP contribution in [0.1, 0.15) is 5.69 Å². The fraction of sp³-hybridized carbons (Fsp3) is 0.250. The fourth-order valence-corrected chi connectivity index (χ4v) is 4.32. The maximum atomic E-state index is 14.8. The Balaban J connectivity index is 0.00000385. The van der Waals surface area contributed by atoms with E-state index in [9.17, 15) is 17.2 Å². The second kappa shape index (κ2) is 11.0. The summed E-state index contributed by atoms with van der Waals surface area (Å²) in [6, 6.07) is 7.56. The smallest absolute Gasteiger partial charge is 0.266 e. The molecular formula is C20H24Cl2F2N6O2S. The van der Waals surface area contributed by atoms with E-state index in [0.717, 1.165) is 12.1 Å². The first-order chi connectivity index (χ1) is 15.1. The predicted octanol–water partition coefficient (Wildman–Crippen LogP) is 4.27. The van der Waals surface area contributed by atoms with Crippen molar-refractivity contribution in [3.63, 3.8) is 0 Å². The van der Waals surface area contributed by atoms with Crippen LogP contribution < -0.4 is 20.3 Å². The van der Waals surface area contributed by atoms with Gasteiger partial charge in [0, 0.05) is 38.0 Å². The molecule has 0 saturated heterocycles. The summed E-state index contributed by atoms with van der Waals surface area (Å²) in [5, 5.41) is 12.3. The Morgan fingerprint density at radius 1 is 1.15 bits per heavy atom. The number of likely N-dealkylation sites (N-methyl/N-ethyl adjacent to an activating group) is 2. The highest BCUT2D eigenvalue weighted by Gasteiger charge is 2.23. The number of sulfonamides is 1. The third-order valence-electron chi connectivity index (χ3n) is 4.59. The second-order valence-electron chi connectivity index (χ2n) is 7.12. The number of nitrogens with zero attached hydrogens (tertiary/aromatic N) is 2. The Morgan fingerprint density at radius 2 is 1.88 bits per heavy atom. The highest BCUT2D eigenvalue weighted by atomic mass is 35.5. The molecule has 4 N–H and O–H groups in total. The van der Waals surface area contributed by atoms with Gasteiger partial charge in [0.2, 0.25) is 0 Å². The van der Waals surface area contributed by atoms with Crippen molar-refractivity contribution >= 4 is 56.9 Å². The van der Waals surface area contributed by atoms with Gasteiger partial charge < -0.3 is 15.5 Å². The van der Waals surface area contributed by atoms with Crippen molar-refractivity contribution in [2.24, 2.45) is 0 Å². The quantitative estimate of drug-likeness (QED) is 0.336. The van der Waals surface area contributed by atoms with Crippen LogP contribution in [0.2, 0.25) is 5.02 Å². The van der Waals surface area contributed by atoms with Crippen LogP contribution in [0.15, 0.2) is 41.3 Å². The molecule has 0 aliphatic carbocycles. The molecule has 0 bridgehead atoms. The summed E-state index contributed by atoms with van der Waals surface area (Å²) in [6.45, 7) is 2.95. The molecule has 1 aromatic heterocycles. The summed E-state index contributed by atoms with van der Waals surface area (Å²) >= 11 is 6.27. The van der Waals surface area contributed by atoms with Gasteiger partial charge >= 0.3 is 0 Å².